The smallest absolute Gasteiger partial charge is 0.211 e. The monoisotopic (exact) mass is 292 g/mol. The van der Waals surface area contributed by atoms with E-state index in [-0.39, 0.29) is 5.41 Å². The lowest BCUT2D eigenvalue weighted by Gasteiger charge is -2.31. The van der Waals surface area contributed by atoms with E-state index in [4.69, 9.17) is 0 Å². The summed E-state index contributed by atoms with van der Waals surface area (Å²) in [4.78, 5) is 55.2. The molecule has 0 saturated heterocycles. The Morgan fingerprint density at radius 2 is 1.38 bits per heavy atom. The molecule has 0 radical (unpaired) electrons. The number of rotatable bonds is 9. The maximum atomic E-state index is 10.5. The van der Waals surface area contributed by atoms with E-state index in [1.54, 1.807) is 6.92 Å². The van der Waals surface area contributed by atoms with Crippen molar-refractivity contribution in [3.63, 3.8) is 0 Å². The normalized spacial score (nSPS) is 14.2. The zero-order valence-electron chi connectivity index (χ0n) is 12.1. The van der Waals surface area contributed by atoms with Gasteiger partial charge in [0.15, 0.2) is 0 Å². The van der Waals surface area contributed by atoms with Crippen molar-refractivity contribution in [3.05, 3.63) is 0 Å². The highest BCUT2D eigenvalue weighted by atomic mass is 16.1. The van der Waals surface area contributed by atoms with Gasteiger partial charge in [-0.2, -0.15) is 0 Å². The topological polar surface area (TPSA) is 118 Å². The zero-order valence-corrected chi connectivity index (χ0v) is 12.1. The summed E-state index contributed by atoms with van der Waals surface area (Å²) in [7, 11) is 0. The Kier molecular flexibility index (Phi) is 7.62. The van der Waals surface area contributed by atoms with Gasteiger partial charge in [-0.3, -0.25) is 0 Å². The van der Waals surface area contributed by atoms with Crippen molar-refractivity contribution in [1.29, 1.82) is 0 Å². The van der Waals surface area contributed by atoms with Crippen LogP contribution in [0.25, 0.3) is 0 Å². The van der Waals surface area contributed by atoms with Gasteiger partial charge in [-0.1, -0.05) is 20.8 Å². The molecule has 0 aromatic heterocycles. The number of hydrogen-bond acceptors (Lipinski definition) is 8. The van der Waals surface area contributed by atoms with Crippen LogP contribution in [0.1, 0.15) is 33.6 Å². The van der Waals surface area contributed by atoms with Gasteiger partial charge < -0.3 is 0 Å². The van der Waals surface area contributed by atoms with E-state index in [0.29, 0.717) is 19.4 Å². The molecule has 112 valence electrons. The number of nitrogens with zero attached hydrogens (tertiary/aromatic N) is 4. The highest BCUT2D eigenvalue weighted by Crippen LogP contribution is 2.37. The first-order valence-electron chi connectivity index (χ1n) is 6.18. The Labute approximate surface area is 121 Å². The van der Waals surface area contributed by atoms with Gasteiger partial charge in [-0.25, -0.2) is 24.2 Å². The molecule has 0 heterocycles. The second-order valence-corrected chi connectivity index (χ2v) is 5.29. The summed E-state index contributed by atoms with van der Waals surface area (Å²) in [6, 6.07) is 0. The van der Waals surface area contributed by atoms with Crippen molar-refractivity contribution >= 4 is 24.3 Å². The molecule has 0 aromatic carbocycles. The fourth-order valence-corrected chi connectivity index (χ4v) is 2.08. The van der Waals surface area contributed by atoms with Gasteiger partial charge in [0.2, 0.25) is 24.3 Å². The molecule has 0 aliphatic rings. The van der Waals surface area contributed by atoms with Crippen molar-refractivity contribution in [1.82, 2.24) is 0 Å². The third-order valence-electron chi connectivity index (χ3n) is 3.12. The Morgan fingerprint density at radius 1 is 0.905 bits per heavy atom. The number of aliphatic imine (C=N–C) groups is 4. The summed E-state index contributed by atoms with van der Waals surface area (Å²) >= 11 is 0. The van der Waals surface area contributed by atoms with Crippen LogP contribution in [0.2, 0.25) is 0 Å². The van der Waals surface area contributed by atoms with E-state index < -0.39 is 11.7 Å². The van der Waals surface area contributed by atoms with E-state index in [1.165, 1.54) is 24.3 Å². The fraction of sp³-hybridized carbons (Fsp3) is 0.692. The third-order valence-corrected chi connectivity index (χ3v) is 3.12. The summed E-state index contributed by atoms with van der Waals surface area (Å²) < 4.78 is 0. The van der Waals surface area contributed by atoms with Crippen LogP contribution < -0.4 is 0 Å². The molecule has 0 aliphatic heterocycles. The van der Waals surface area contributed by atoms with Crippen molar-refractivity contribution < 1.29 is 19.2 Å². The summed E-state index contributed by atoms with van der Waals surface area (Å²) in [6.45, 7) is 5.72. The summed E-state index contributed by atoms with van der Waals surface area (Å²) in [6.07, 6.45) is 6.19. The Balaban J connectivity index is 5.34. The molecule has 0 fully saturated rings. The van der Waals surface area contributed by atoms with Crippen molar-refractivity contribution in [3.8, 4) is 0 Å². The number of hydrogen-bond donors (Lipinski definition) is 0. The average Bonchev–Trinajstić information content (AvgIpc) is 2.39. The Hall–Kier alpha value is -2.48. The third kappa shape index (κ3) is 6.00. The van der Waals surface area contributed by atoms with Crippen LogP contribution in [0.5, 0.6) is 0 Å². The lowest BCUT2D eigenvalue weighted by molar-refractivity contribution is 0.194. The highest BCUT2D eigenvalue weighted by molar-refractivity contribution is 5.42. The summed E-state index contributed by atoms with van der Waals surface area (Å²) in [5.41, 5.74) is -0.319. The highest BCUT2D eigenvalue weighted by Gasteiger charge is 2.39. The maximum absolute atomic E-state index is 10.5. The van der Waals surface area contributed by atoms with Crippen LogP contribution in [0.4, 0.5) is 0 Å². The van der Waals surface area contributed by atoms with E-state index in [2.05, 4.69) is 20.0 Å². The summed E-state index contributed by atoms with van der Waals surface area (Å²) in [5.74, 6) is -2.45. The van der Waals surface area contributed by atoms with Crippen molar-refractivity contribution in [2.75, 3.05) is 6.54 Å². The SMILES string of the molecule is CC(CC(C)(C)CCN=C=O)C(N=C=O)(N=C=O)N=C=O. The molecule has 0 aromatic rings. The molecule has 0 N–H and O–H groups in total. The molecule has 0 amide bonds. The van der Waals surface area contributed by atoms with Gasteiger partial charge in [0.25, 0.3) is 5.79 Å². The number of carbonyl (C=O) groups excluding carboxylic acids is 4. The Morgan fingerprint density at radius 3 is 1.76 bits per heavy atom. The first-order valence-corrected chi connectivity index (χ1v) is 6.18. The summed E-state index contributed by atoms with van der Waals surface area (Å²) in [5, 5.41) is 0. The molecule has 0 bridgehead atoms. The molecule has 0 rings (SSSR count). The molecule has 0 spiro atoms. The number of isocyanates is 4. The molecule has 8 heteroatoms. The predicted octanol–water partition coefficient (Wildman–Crippen LogP) is 1.43. The van der Waals surface area contributed by atoms with Crippen molar-refractivity contribution in [2.24, 2.45) is 31.3 Å². The van der Waals surface area contributed by atoms with Crippen LogP contribution in [0.3, 0.4) is 0 Å². The lowest BCUT2D eigenvalue weighted by Crippen LogP contribution is -2.33. The molecule has 0 aliphatic carbocycles. The average molecular weight is 292 g/mol. The minimum atomic E-state index is -1.89. The van der Waals surface area contributed by atoms with E-state index in [0.717, 1.165) is 0 Å². The molecular weight excluding hydrogens is 276 g/mol. The largest absolute Gasteiger partial charge is 0.280 e. The van der Waals surface area contributed by atoms with Gasteiger partial charge in [0.1, 0.15) is 0 Å². The molecule has 0 saturated carbocycles. The second kappa shape index (κ2) is 8.64. The minimum Gasteiger partial charge on any atom is -0.211 e. The first-order chi connectivity index (χ1) is 9.87. The molecule has 21 heavy (non-hydrogen) atoms. The van der Waals surface area contributed by atoms with Crippen LogP contribution in [0.15, 0.2) is 20.0 Å². The van der Waals surface area contributed by atoms with E-state index >= 15 is 0 Å². The molecule has 8 nitrogen and oxygen atoms in total. The zero-order chi connectivity index (χ0) is 16.4. The van der Waals surface area contributed by atoms with E-state index in [1.807, 2.05) is 13.8 Å². The van der Waals surface area contributed by atoms with Gasteiger partial charge in [0.05, 0.1) is 6.54 Å². The standard InChI is InChI=1S/C13H16N4O4/c1-11(6-12(2,3)4-5-14-7-18)13(15-8-19,16-9-20)17-10-21/h11H,4-6H2,1-3H3. The van der Waals surface area contributed by atoms with Crippen LogP contribution >= 0.6 is 0 Å². The molecule has 1 atom stereocenters. The van der Waals surface area contributed by atoms with Crippen LogP contribution in [-0.2, 0) is 19.2 Å². The predicted molar refractivity (Wildman–Crippen MR) is 72.3 cm³/mol. The van der Waals surface area contributed by atoms with E-state index in [9.17, 15) is 19.2 Å². The van der Waals surface area contributed by atoms with Gasteiger partial charge in [-0.05, 0) is 18.3 Å². The molecular formula is C13H16N4O4. The Bertz CT molecular complexity index is 501. The van der Waals surface area contributed by atoms with Crippen LogP contribution in [0, 0.1) is 11.3 Å². The van der Waals surface area contributed by atoms with Crippen LogP contribution in [-0.4, -0.2) is 36.7 Å². The van der Waals surface area contributed by atoms with Gasteiger partial charge in [0, 0.05) is 5.92 Å². The quantitative estimate of drug-likeness (QED) is 0.471. The minimum absolute atomic E-state index is 0.293. The molecule has 1 unspecified atom stereocenters. The first kappa shape index (κ1) is 18.5. The van der Waals surface area contributed by atoms with Gasteiger partial charge >= 0.3 is 0 Å². The van der Waals surface area contributed by atoms with Crippen molar-refractivity contribution in [2.45, 2.75) is 39.4 Å². The fourth-order valence-electron chi connectivity index (χ4n) is 2.08. The second-order valence-electron chi connectivity index (χ2n) is 5.29. The lowest BCUT2D eigenvalue weighted by atomic mass is 9.78. The maximum Gasteiger partial charge on any atom is 0.280 e. The van der Waals surface area contributed by atoms with Gasteiger partial charge in [-0.15, -0.1) is 15.0 Å².